The van der Waals surface area contributed by atoms with E-state index in [9.17, 15) is 14.4 Å². The van der Waals surface area contributed by atoms with Gasteiger partial charge in [0.1, 0.15) is 17.9 Å². The third-order valence-electron chi connectivity index (χ3n) is 13.4. The molecule has 2 fully saturated rings. The highest BCUT2D eigenvalue weighted by molar-refractivity contribution is 6.48. The van der Waals surface area contributed by atoms with Gasteiger partial charge in [0.25, 0.3) is 5.91 Å². The molecule has 3 amide bonds. The number of rotatable bonds is 11. The summed E-state index contributed by atoms with van der Waals surface area (Å²) in [6, 6.07) is 9.79. The highest BCUT2D eigenvalue weighted by atomic mass is 16.2. The van der Waals surface area contributed by atoms with Crippen molar-refractivity contribution in [2.75, 3.05) is 58.9 Å². The average Bonchev–Trinajstić information content (AvgIpc) is 4.04. The fraction of sp³-hybridized carbons (Fsp3) is 0.458. The van der Waals surface area contributed by atoms with Gasteiger partial charge in [-0.15, -0.1) is 0 Å². The number of aliphatic imine (C=N–C) groups is 2. The minimum absolute atomic E-state index is 0.000964. The normalized spacial score (nSPS) is 21.6. The lowest BCUT2D eigenvalue weighted by Crippen LogP contribution is -2.48. The molecule has 6 aliphatic heterocycles. The van der Waals surface area contributed by atoms with Crippen molar-refractivity contribution < 1.29 is 19.0 Å². The second-order valence-electron chi connectivity index (χ2n) is 18.0. The molecule has 3 aromatic rings. The number of aryl methyl sites for hydroxylation is 3. The van der Waals surface area contributed by atoms with Gasteiger partial charge in [0.05, 0.1) is 34.4 Å². The molecule has 1 aromatic carbocycles. The minimum Gasteiger partial charge on any atom is -0.355 e. The van der Waals surface area contributed by atoms with Crippen LogP contribution in [-0.2, 0) is 26.5 Å². The van der Waals surface area contributed by atoms with Crippen LogP contribution in [0.3, 0.4) is 0 Å². The number of carbonyl (C=O) groups is 3. The lowest BCUT2D eigenvalue weighted by Gasteiger charge is -2.35. The summed E-state index contributed by atoms with van der Waals surface area (Å²) in [5.74, 6) is 0.413. The SMILES string of the molecule is Cc1cc(C)n2c1C=C1C=CC(CCC(=O)NCCN3CCN(C/C=C/C(=O)N4CCC[C@@H](C5N=C(C(=O)NC6=Nc7ccccc7C6)c6c(C)ncnc65)C4)CC3)=[N+]1C2(C)C. The summed E-state index contributed by atoms with van der Waals surface area (Å²) in [7, 11) is 0. The molecule has 0 saturated carbocycles. The van der Waals surface area contributed by atoms with Crippen LogP contribution in [0, 0.1) is 26.7 Å². The second-order valence-corrected chi connectivity index (χ2v) is 18.0. The van der Waals surface area contributed by atoms with Crippen LogP contribution < -0.4 is 10.6 Å². The predicted molar refractivity (Wildman–Crippen MR) is 241 cm³/mol. The van der Waals surface area contributed by atoms with Crippen LogP contribution in [0.15, 0.2) is 76.6 Å². The van der Waals surface area contributed by atoms with Crippen molar-refractivity contribution in [3.05, 3.63) is 106 Å². The van der Waals surface area contributed by atoms with E-state index in [0.717, 1.165) is 62.5 Å². The Morgan fingerprint density at radius 1 is 1.00 bits per heavy atom. The van der Waals surface area contributed by atoms with Gasteiger partial charge in [-0.1, -0.05) is 24.3 Å². The van der Waals surface area contributed by atoms with Crippen LogP contribution in [0.5, 0.6) is 0 Å². The summed E-state index contributed by atoms with van der Waals surface area (Å²) in [5, 5.41) is 6.16. The van der Waals surface area contributed by atoms with E-state index in [1.165, 1.54) is 28.4 Å². The van der Waals surface area contributed by atoms with Gasteiger partial charge in [-0.25, -0.2) is 15.0 Å². The standard InChI is InChI=1S/C48H57N11O3/c1-31-26-32(2)58-39(31)28-37-15-14-36(59(37)48(58,4)5)16-17-41(60)49-18-21-56-24-22-55(23-25-56)19-9-13-42(61)57-20-8-11-35(29-57)44-45-43(33(3)50-30-51-45)46(54-44)47(62)53-40-27-34-10-6-7-12-38(34)52-40/h6-7,9-10,12-15,26,28,30,35,44H,8,11,16-25,27,29H2,1-5H3,(H-,49,52,53,60,62)/p+1/b13-9+/t35-,44?/m1/s1. The monoisotopic (exact) mass is 836 g/mol. The number of nitrogens with zero attached hydrogens (tertiary/aromatic N) is 9. The quantitative estimate of drug-likeness (QED) is 0.214. The number of piperazine rings is 1. The smallest absolute Gasteiger partial charge is 0.275 e. The van der Waals surface area contributed by atoms with Gasteiger partial charge < -0.3 is 15.5 Å². The molecule has 6 aliphatic rings. The number of allylic oxidation sites excluding steroid dienone is 2. The molecule has 2 N–H and O–H groups in total. The minimum atomic E-state index is -0.329. The van der Waals surface area contributed by atoms with Gasteiger partial charge in [-0.3, -0.25) is 33.7 Å². The summed E-state index contributed by atoms with van der Waals surface area (Å²) in [4.78, 5) is 65.4. The maximum Gasteiger partial charge on any atom is 0.275 e. The molecule has 0 bridgehead atoms. The van der Waals surface area contributed by atoms with Gasteiger partial charge in [-0.05, 0) is 56.9 Å². The van der Waals surface area contributed by atoms with E-state index in [2.05, 4.69) is 96.5 Å². The number of hydrogen-bond acceptors (Lipinski definition) is 9. The lowest BCUT2D eigenvalue weighted by atomic mass is 9.88. The van der Waals surface area contributed by atoms with E-state index in [1.54, 1.807) is 12.4 Å². The number of aromatic nitrogens is 3. The van der Waals surface area contributed by atoms with Crippen molar-refractivity contribution in [3.8, 4) is 0 Å². The van der Waals surface area contributed by atoms with E-state index < -0.39 is 0 Å². The summed E-state index contributed by atoms with van der Waals surface area (Å²) in [6.45, 7) is 17.8. The number of likely N-dealkylation sites (tertiary alicyclic amines) is 1. The molecule has 2 atom stereocenters. The Kier molecular flexibility index (Phi) is 11.5. The Morgan fingerprint density at radius 2 is 1.81 bits per heavy atom. The number of piperidine rings is 1. The topological polar surface area (TPSA) is 143 Å². The Morgan fingerprint density at radius 3 is 2.63 bits per heavy atom. The highest BCUT2D eigenvalue weighted by Gasteiger charge is 2.45. The zero-order valence-corrected chi connectivity index (χ0v) is 36.7. The van der Waals surface area contributed by atoms with E-state index in [4.69, 9.17) is 4.99 Å². The molecule has 14 heteroatoms. The van der Waals surface area contributed by atoms with Gasteiger partial charge in [0.15, 0.2) is 5.71 Å². The molecule has 62 heavy (non-hydrogen) atoms. The first-order chi connectivity index (χ1) is 29.9. The number of hydrogen-bond donors (Lipinski definition) is 2. The fourth-order valence-corrected chi connectivity index (χ4v) is 10.4. The molecule has 0 radical (unpaired) electrons. The largest absolute Gasteiger partial charge is 0.355 e. The number of benzene rings is 1. The number of para-hydroxylation sites is 1. The molecule has 322 valence electrons. The summed E-state index contributed by atoms with van der Waals surface area (Å²) in [6.07, 6.45) is 15.3. The number of fused-ring (bicyclic) bond motifs is 4. The van der Waals surface area contributed by atoms with Crippen LogP contribution in [0.4, 0.5) is 5.69 Å². The first-order valence-corrected chi connectivity index (χ1v) is 22.2. The fourth-order valence-electron chi connectivity index (χ4n) is 10.4. The van der Waals surface area contributed by atoms with Gasteiger partial charge in [0.2, 0.25) is 23.2 Å². The molecule has 14 nitrogen and oxygen atoms in total. The first-order valence-electron chi connectivity index (χ1n) is 22.2. The number of amides is 3. The van der Waals surface area contributed by atoms with Gasteiger partial charge >= 0.3 is 0 Å². The summed E-state index contributed by atoms with van der Waals surface area (Å²) in [5.41, 5.74) is 10.3. The molecule has 2 saturated heterocycles. The molecule has 2 aromatic heterocycles. The van der Waals surface area contributed by atoms with Crippen LogP contribution in [0.1, 0.15) is 85.0 Å². The zero-order valence-electron chi connectivity index (χ0n) is 36.7. The number of nitrogens with one attached hydrogen (secondary N) is 2. The van der Waals surface area contributed by atoms with E-state index in [0.29, 0.717) is 68.2 Å². The molecule has 8 heterocycles. The van der Waals surface area contributed by atoms with E-state index in [1.807, 2.05) is 42.2 Å². The van der Waals surface area contributed by atoms with Crippen LogP contribution in [0.25, 0.3) is 6.08 Å². The third-order valence-corrected chi connectivity index (χ3v) is 13.4. The summed E-state index contributed by atoms with van der Waals surface area (Å²) < 4.78 is 4.78. The molecule has 9 rings (SSSR count). The van der Waals surface area contributed by atoms with E-state index in [-0.39, 0.29) is 35.3 Å². The summed E-state index contributed by atoms with van der Waals surface area (Å²) >= 11 is 0. The number of amidine groups is 1. The molecule has 1 unspecified atom stereocenters. The van der Waals surface area contributed by atoms with Crippen LogP contribution in [-0.4, -0.2) is 128 Å². The second kappa shape index (κ2) is 17.1. The van der Waals surface area contributed by atoms with Crippen molar-refractivity contribution in [1.29, 1.82) is 0 Å². The Labute approximate surface area is 363 Å². The average molecular weight is 837 g/mol. The third kappa shape index (κ3) is 8.13. The van der Waals surface area contributed by atoms with Crippen LogP contribution in [0.2, 0.25) is 0 Å². The highest BCUT2D eigenvalue weighted by Crippen LogP contribution is 2.40. The Bertz CT molecular complexity index is 2500. The molecule has 0 aliphatic carbocycles. The van der Waals surface area contributed by atoms with Gasteiger partial charge in [0, 0.05) is 128 Å². The van der Waals surface area contributed by atoms with E-state index >= 15 is 0 Å². The molecular weight excluding hydrogens is 779 g/mol. The van der Waals surface area contributed by atoms with Crippen molar-refractivity contribution >= 4 is 46.7 Å². The maximum absolute atomic E-state index is 13.7. The zero-order chi connectivity index (χ0) is 43.1. The first kappa shape index (κ1) is 41.5. The molecule has 0 spiro atoms. The number of carbonyl (C=O) groups excluding carboxylic acids is 3. The molecular formula is C48H58N11O3+. The van der Waals surface area contributed by atoms with Crippen molar-refractivity contribution in [3.63, 3.8) is 0 Å². The van der Waals surface area contributed by atoms with Crippen LogP contribution >= 0.6 is 0 Å². The Hall–Kier alpha value is -5.86. The van der Waals surface area contributed by atoms with Crippen molar-refractivity contribution in [2.24, 2.45) is 15.9 Å². The Balaban J connectivity index is 0.710. The van der Waals surface area contributed by atoms with Crippen molar-refractivity contribution in [2.45, 2.75) is 78.4 Å². The van der Waals surface area contributed by atoms with Gasteiger partial charge in [-0.2, -0.15) is 4.58 Å². The predicted octanol–water partition coefficient (Wildman–Crippen LogP) is 4.53. The van der Waals surface area contributed by atoms with Crippen molar-refractivity contribution in [1.82, 2.24) is 39.9 Å². The maximum atomic E-state index is 13.7. The lowest BCUT2D eigenvalue weighted by molar-refractivity contribution is -0.583.